The standard InChI is InChI=1S/C12H23N3O/c1-5-7-15-8-10(3)13-12(15)14-11(4)9-16-6-2/h8,11H,5-7,9H2,1-4H3,(H,13,14). The Labute approximate surface area is 98.0 Å². The molecule has 0 aliphatic carbocycles. The molecule has 1 heterocycles. The number of aromatic nitrogens is 2. The highest BCUT2D eigenvalue weighted by Crippen LogP contribution is 2.10. The van der Waals surface area contributed by atoms with Crippen LogP contribution in [0.4, 0.5) is 5.95 Å². The van der Waals surface area contributed by atoms with Crippen LogP contribution in [0.2, 0.25) is 0 Å². The van der Waals surface area contributed by atoms with Gasteiger partial charge in [-0.05, 0) is 27.2 Å². The van der Waals surface area contributed by atoms with E-state index < -0.39 is 0 Å². The maximum Gasteiger partial charge on any atom is 0.203 e. The summed E-state index contributed by atoms with van der Waals surface area (Å²) in [6, 6.07) is 0.289. The average molecular weight is 225 g/mol. The second-order valence-corrected chi connectivity index (χ2v) is 4.10. The van der Waals surface area contributed by atoms with Crippen molar-refractivity contribution in [3.63, 3.8) is 0 Å². The third-order valence-electron chi connectivity index (χ3n) is 2.31. The topological polar surface area (TPSA) is 39.1 Å². The van der Waals surface area contributed by atoms with Crippen LogP contribution in [0.3, 0.4) is 0 Å². The highest BCUT2D eigenvalue weighted by atomic mass is 16.5. The number of imidazole rings is 1. The highest BCUT2D eigenvalue weighted by Gasteiger charge is 2.08. The minimum atomic E-state index is 0.289. The van der Waals surface area contributed by atoms with Crippen molar-refractivity contribution in [1.82, 2.24) is 9.55 Å². The summed E-state index contributed by atoms with van der Waals surface area (Å²) >= 11 is 0. The molecule has 1 N–H and O–H groups in total. The summed E-state index contributed by atoms with van der Waals surface area (Å²) < 4.78 is 7.54. The Kier molecular flexibility index (Phi) is 5.32. The van der Waals surface area contributed by atoms with Gasteiger partial charge < -0.3 is 14.6 Å². The molecule has 1 aromatic heterocycles. The minimum Gasteiger partial charge on any atom is -0.380 e. The lowest BCUT2D eigenvalue weighted by atomic mass is 10.4. The maximum absolute atomic E-state index is 5.37. The maximum atomic E-state index is 5.37. The highest BCUT2D eigenvalue weighted by molar-refractivity contribution is 5.29. The summed E-state index contributed by atoms with van der Waals surface area (Å²) in [6.07, 6.45) is 3.20. The van der Waals surface area contributed by atoms with Crippen molar-refractivity contribution < 1.29 is 4.74 Å². The van der Waals surface area contributed by atoms with Crippen molar-refractivity contribution in [3.05, 3.63) is 11.9 Å². The van der Waals surface area contributed by atoms with Gasteiger partial charge in [0.05, 0.1) is 12.3 Å². The van der Waals surface area contributed by atoms with E-state index in [0.717, 1.165) is 31.2 Å². The van der Waals surface area contributed by atoms with E-state index in [0.29, 0.717) is 6.61 Å². The summed E-state index contributed by atoms with van der Waals surface area (Å²) in [4.78, 5) is 4.47. The van der Waals surface area contributed by atoms with Crippen LogP contribution in [-0.4, -0.2) is 28.8 Å². The van der Waals surface area contributed by atoms with Crippen LogP contribution in [0.1, 0.15) is 32.9 Å². The predicted octanol–water partition coefficient (Wildman–Crippen LogP) is 2.44. The van der Waals surface area contributed by atoms with Gasteiger partial charge in [0.25, 0.3) is 0 Å². The molecule has 1 aromatic rings. The van der Waals surface area contributed by atoms with Crippen LogP contribution in [0.5, 0.6) is 0 Å². The smallest absolute Gasteiger partial charge is 0.203 e. The van der Waals surface area contributed by atoms with E-state index in [-0.39, 0.29) is 6.04 Å². The molecule has 0 spiro atoms. The minimum absolute atomic E-state index is 0.289. The molecule has 0 amide bonds. The van der Waals surface area contributed by atoms with Gasteiger partial charge in [-0.15, -0.1) is 0 Å². The number of anilines is 1. The molecule has 1 rings (SSSR count). The Bertz CT molecular complexity index is 309. The van der Waals surface area contributed by atoms with Crippen molar-refractivity contribution in [2.75, 3.05) is 18.5 Å². The van der Waals surface area contributed by atoms with E-state index in [4.69, 9.17) is 4.74 Å². The lowest BCUT2D eigenvalue weighted by molar-refractivity contribution is 0.141. The number of aryl methyl sites for hydroxylation is 2. The van der Waals surface area contributed by atoms with Crippen molar-refractivity contribution in [2.24, 2.45) is 0 Å². The Morgan fingerprint density at radius 2 is 2.25 bits per heavy atom. The zero-order chi connectivity index (χ0) is 12.0. The van der Waals surface area contributed by atoms with Gasteiger partial charge in [-0.25, -0.2) is 4.98 Å². The Balaban J connectivity index is 2.57. The molecule has 1 atom stereocenters. The zero-order valence-corrected chi connectivity index (χ0v) is 10.8. The monoisotopic (exact) mass is 225 g/mol. The lowest BCUT2D eigenvalue weighted by Crippen LogP contribution is -2.23. The molecule has 92 valence electrons. The van der Waals surface area contributed by atoms with Gasteiger partial charge in [0.2, 0.25) is 5.95 Å². The van der Waals surface area contributed by atoms with Crippen molar-refractivity contribution in [1.29, 1.82) is 0 Å². The molecule has 0 saturated heterocycles. The number of nitrogens with zero attached hydrogens (tertiary/aromatic N) is 2. The number of nitrogens with one attached hydrogen (secondary N) is 1. The fourth-order valence-corrected chi connectivity index (χ4v) is 1.63. The molecule has 4 heteroatoms. The summed E-state index contributed by atoms with van der Waals surface area (Å²) in [5, 5.41) is 3.38. The fraction of sp³-hybridized carbons (Fsp3) is 0.750. The van der Waals surface area contributed by atoms with Gasteiger partial charge in [-0.1, -0.05) is 6.92 Å². The van der Waals surface area contributed by atoms with Gasteiger partial charge in [-0.3, -0.25) is 0 Å². The summed E-state index contributed by atoms with van der Waals surface area (Å²) in [5.74, 6) is 0.951. The molecule has 0 bridgehead atoms. The largest absolute Gasteiger partial charge is 0.380 e. The second kappa shape index (κ2) is 6.53. The van der Waals surface area contributed by atoms with Crippen molar-refractivity contribution in [3.8, 4) is 0 Å². The first kappa shape index (κ1) is 13.0. The normalized spacial score (nSPS) is 12.8. The third kappa shape index (κ3) is 3.85. The molecular formula is C12H23N3O. The quantitative estimate of drug-likeness (QED) is 0.774. The summed E-state index contributed by atoms with van der Waals surface area (Å²) in [6.45, 7) is 10.8. The lowest BCUT2D eigenvalue weighted by Gasteiger charge is -2.15. The molecule has 0 radical (unpaired) electrons. The predicted molar refractivity (Wildman–Crippen MR) is 66.8 cm³/mol. The van der Waals surface area contributed by atoms with Crippen LogP contribution in [0, 0.1) is 6.92 Å². The number of ether oxygens (including phenoxy) is 1. The van der Waals surface area contributed by atoms with Gasteiger partial charge in [0.15, 0.2) is 0 Å². The first-order valence-electron chi connectivity index (χ1n) is 6.05. The number of rotatable bonds is 7. The molecule has 0 aliphatic heterocycles. The van der Waals surface area contributed by atoms with Crippen LogP contribution in [-0.2, 0) is 11.3 Å². The first-order chi connectivity index (χ1) is 7.67. The SMILES string of the molecule is CCCn1cc(C)nc1NC(C)COCC. The fourth-order valence-electron chi connectivity index (χ4n) is 1.63. The Morgan fingerprint density at radius 3 is 2.88 bits per heavy atom. The van der Waals surface area contributed by atoms with E-state index in [1.807, 2.05) is 13.8 Å². The van der Waals surface area contributed by atoms with Gasteiger partial charge >= 0.3 is 0 Å². The van der Waals surface area contributed by atoms with Gasteiger partial charge in [0.1, 0.15) is 0 Å². The number of hydrogen-bond acceptors (Lipinski definition) is 3. The number of hydrogen-bond donors (Lipinski definition) is 1. The van der Waals surface area contributed by atoms with Crippen LogP contribution >= 0.6 is 0 Å². The van der Waals surface area contributed by atoms with E-state index in [2.05, 4.69) is 34.9 Å². The Morgan fingerprint density at radius 1 is 1.50 bits per heavy atom. The van der Waals surface area contributed by atoms with E-state index in [9.17, 15) is 0 Å². The molecular weight excluding hydrogens is 202 g/mol. The van der Waals surface area contributed by atoms with Crippen molar-refractivity contribution in [2.45, 2.75) is 46.7 Å². The summed E-state index contributed by atoms with van der Waals surface area (Å²) in [7, 11) is 0. The second-order valence-electron chi connectivity index (χ2n) is 4.10. The molecule has 0 fully saturated rings. The molecule has 4 nitrogen and oxygen atoms in total. The molecule has 0 saturated carbocycles. The van der Waals surface area contributed by atoms with Gasteiger partial charge in [0, 0.05) is 25.4 Å². The molecule has 0 aliphatic rings. The van der Waals surface area contributed by atoms with Crippen LogP contribution in [0.25, 0.3) is 0 Å². The van der Waals surface area contributed by atoms with Crippen LogP contribution < -0.4 is 5.32 Å². The Hall–Kier alpha value is -1.03. The summed E-state index contributed by atoms with van der Waals surface area (Å²) in [5.41, 5.74) is 1.06. The average Bonchev–Trinajstić information content (AvgIpc) is 2.56. The van der Waals surface area contributed by atoms with E-state index in [1.54, 1.807) is 0 Å². The molecule has 1 unspecified atom stereocenters. The first-order valence-corrected chi connectivity index (χ1v) is 6.05. The third-order valence-corrected chi connectivity index (χ3v) is 2.31. The zero-order valence-electron chi connectivity index (χ0n) is 10.8. The molecule has 16 heavy (non-hydrogen) atoms. The van der Waals surface area contributed by atoms with Crippen molar-refractivity contribution >= 4 is 5.95 Å². The molecule has 0 aromatic carbocycles. The van der Waals surface area contributed by atoms with E-state index in [1.165, 1.54) is 0 Å². The van der Waals surface area contributed by atoms with Crippen LogP contribution in [0.15, 0.2) is 6.20 Å². The van der Waals surface area contributed by atoms with Gasteiger partial charge in [-0.2, -0.15) is 0 Å². The van der Waals surface area contributed by atoms with E-state index >= 15 is 0 Å².